The van der Waals surface area contributed by atoms with Gasteiger partial charge in [0.15, 0.2) is 6.10 Å². The summed E-state index contributed by atoms with van der Waals surface area (Å²) in [6, 6.07) is 15.9. The van der Waals surface area contributed by atoms with Crippen LogP contribution in [0.1, 0.15) is 36.5 Å². The van der Waals surface area contributed by atoms with Gasteiger partial charge in [-0.3, -0.25) is 4.90 Å². The molecule has 0 spiro atoms. The molecule has 3 heterocycles. The van der Waals surface area contributed by atoms with Crippen LogP contribution in [0.4, 0.5) is 4.79 Å². The van der Waals surface area contributed by atoms with E-state index < -0.39 is 12.3 Å². The molecule has 2 aromatic carbocycles. The highest BCUT2D eigenvalue weighted by molar-refractivity contribution is 5.63. The predicted octanol–water partition coefficient (Wildman–Crippen LogP) is 4.29. The molecule has 0 aromatic heterocycles. The molecule has 2 aromatic rings. The van der Waals surface area contributed by atoms with E-state index >= 15 is 0 Å². The molecule has 0 radical (unpaired) electrons. The Morgan fingerprint density at radius 1 is 0.966 bits per heavy atom. The number of piperidine rings is 1. The number of likely N-dealkylation sites (N-methyl/N-ethyl adjacent to an activating group) is 1. The Balaban J connectivity index is 1.32. The highest BCUT2D eigenvalue weighted by Crippen LogP contribution is 2.45. The molecular formula is C23H25NO5. The smallest absolute Gasteiger partial charge is 0.456 e. The zero-order chi connectivity index (χ0) is 20.0. The van der Waals surface area contributed by atoms with Crippen molar-refractivity contribution in [3.8, 4) is 11.5 Å². The van der Waals surface area contributed by atoms with Crippen molar-refractivity contribution < 1.29 is 23.7 Å². The van der Waals surface area contributed by atoms with Crippen molar-refractivity contribution in [2.24, 2.45) is 0 Å². The summed E-state index contributed by atoms with van der Waals surface area (Å²) in [5, 5.41) is 0. The summed E-state index contributed by atoms with van der Waals surface area (Å²) in [6.07, 6.45) is 1.42. The van der Waals surface area contributed by atoms with Gasteiger partial charge in [-0.05, 0) is 25.6 Å². The standard InChI is InChI=1S/C23H25NO5/c1-24-14-11-15(13-18(24)21(12-14)26-2)27-23(25)29-22-16-7-3-5-9-19(16)28-20-10-6-4-8-17(20)22/h3-10,14-15,18,21-22H,11-13H2,1-2H3. The number of hydrogen-bond donors (Lipinski definition) is 0. The van der Waals surface area contributed by atoms with Crippen LogP contribution < -0.4 is 4.74 Å². The van der Waals surface area contributed by atoms with Gasteiger partial charge in [0.25, 0.3) is 0 Å². The van der Waals surface area contributed by atoms with Crippen molar-refractivity contribution in [1.29, 1.82) is 0 Å². The van der Waals surface area contributed by atoms with Crippen molar-refractivity contribution in [3.63, 3.8) is 0 Å². The van der Waals surface area contributed by atoms with Crippen LogP contribution in [0.2, 0.25) is 0 Å². The molecule has 0 N–H and O–H groups in total. The number of carbonyl (C=O) groups is 1. The first-order valence-electron chi connectivity index (χ1n) is 10.1. The summed E-state index contributed by atoms with van der Waals surface area (Å²) in [5.74, 6) is 1.40. The van der Waals surface area contributed by atoms with E-state index in [2.05, 4.69) is 11.9 Å². The topological polar surface area (TPSA) is 57.2 Å². The number of ether oxygens (including phenoxy) is 4. The lowest BCUT2D eigenvalue weighted by molar-refractivity contribution is -0.0330. The summed E-state index contributed by atoms with van der Waals surface area (Å²) >= 11 is 0. The maximum Gasteiger partial charge on any atom is 0.509 e. The van der Waals surface area contributed by atoms with Gasteiger partial charge in [-0.25, -0.2) is 4.79 Å². The second kappa shape index (κ2) is 7.35. The Labute approximate surface area is 170 Å². The van der Waals surface area contributed by atoms with Gasteiger partial charge in [0, 0.05) is 43.2 Å². The van der Waals surface area contributed by atoms with E-state index in [1.807, 2.05) is 48.5 Å². The molecule has 5 rings (SSSR count). The zero-order valence-corrected chi connectivity index (χ0v) is 16.6. The molecule has 2 fully saturated rings. The Hall–Kier alpha value is -2.57. The first-order chi connectivity index (χ1) is 14.1. The molecule has 0 saturated carbocycles. The number of benzene rings is 2. The minimum absolute atomic E-state index is 0.154. The maximum absolute atomic E-state index is 12.7. The van der Waals surface area contributed by atoms with Gasteiger partial charge in [-0.15, -0.1) is 0 Å². The third-order valence-corrected chi connectivity index (χ3v) is 6.47. The molecule has 3 aliphatic rings. The summed E-state index contributed by atoms with van der Waals surface area (Å²) in [5.41, 5.74) is 1.65. The van der Waals surface area contributed by atoms with Crippen LogP contribution in [0, 0.1) is 0 Å². The maximum atomic E-state index is 12.7. The van der Waals surface area contributed by atoms with E-state index in [1.165, 1.54) is 0 Å². The number of fused-ring (bicyclic) bond motifs is 4. The molecule has 0 aliphatic carbocycles. The van der Waals surface area contributed by atoms with Crippen LogP contribution in [0.5, 0.6) is 11.5 Å². The molecule has 2 bridgehead atoms. The van der Waals surface area contributed by atoms with Crippen LogP contribution >= 0.6 is 0 Å². The van der Waals surface area contributed by atoms with Gasteiger partial charge in [0.2, 0.25) is 0 Å². The largest absolute Gasteiger partial charge is 0.509 e. The van der Waals surface area contributed by atoms with Crippen molar-refractivity contribution in [2.45, 2.75) is 49.7 Å². The molecule has 4 unspecified atom stereocenters. The summed E-state index contributed by atoms with van der Waals surface area (Å²) in [7, 11) is 3.88. The SMILES string of the molecule is COC1CC2CC(OC(=O)OC3c4ccccc4Oc4ccccc43)CC1N2C. The normalized spacial score (nSPS) is 28.2. The highest BCUT2D eigenvalue weighted by atomic mass is 16.7. The van der Waals surface area contributed by atoms with E-state index in [0.29, 0.717) is 17.5 Å². The fourth-order valence-electron chi connectivity index (χ4n) is 4.98. The first-order valence-corrected chi connectivity index (χ1v) is 10.1. The average molecular weight is 395 g/mol. The van der Waals surface area contributed by atoms with Gasteiger partial charge < -0.3 is 18.9 Å². The highest BCUT2D eigenvalue weighted by Gasteiger charge is 2.46. The lowest BCUT2D eigenvalue weighted by atomic mass is 9.97. The van der Waals surface area contributed by atoms with Crippen LogP contribution in [0.3, 0.4) is 0 Å². The molecule has 6 nitrogen and oxygen atoms in total. The number of para-hydroxylation sites is 2. The number of carbonyl (C=O) groups excluding carboxylic acids is 1. The number of nitrogens with zero attached hydrogens (tertiary/aromatic N) is 1. The number of methoxy groups -OCH3 is 1. The summed E-state index contributed by atoms with van der Waals surface area (Å²) in [4.78, 5) is 15.1. The van der Waals surface area contributed by atoms with E-state index in [1.54, 1.807) is 7.11 Å². The van der Waals surface area contributed by atoms with Gasteiger partial charge in [0.1, 0.15) is 17.6 Å². The monoisotopic (exact) mass is 395 g/mol. The third kappa shape index (κ3) is 3.26. The van der Waals surface area contributed by atoms with Crippen molar-refractivity contribution >= 4 is 6.16 Å². The fourth-order valence-corrected chi connectivity index (χ4v) is 4.98. The fraction of sp³-hybridized carbons (Fsp3) is 0.435. The molecule has 152 valence electrons. The molecule has 4 atom stereocenters. The molecule has 6 heteroatoms. The quantitative estimate of drug-likeness (QED) is 0.723. The van der Waals surface area contributed by atoms with Crippen molar-refractivity contribution in [2.75, 3.05) is 14.2 Å². The minimum Gasteiger partial charge on any atom is -0.456 e. The molecule has 3 aliphatic heterocycles. The summed E-state index contributed by atoms with van der Waals surface area (Å²) < 4.78 is 23.2. The van der Waals surface area contributed by atoms with Crippen LogP contribution in [-0.2, 0) is 14.2 Å². The lowest BCUT2D eigenvalue weighted by Gasteiger charge is -2.36. The number of rotatable bonds is 3. The summed E-state index contributed by atoms with van der Waals surface area (Å²) in [6.45, 7) is 0. The van der Waals surface area contributed by atoms with E-state index in [0.717, 1.165) is 30.4 Å². The Bertz CT molecular complexity index is 870. The lowest BCUT2D eigenvalue weighted by Crippen LogP contribution is -2.45. The van der Waals surface area contributed by atoms with Crippen molar-refractivity contribution in [3.05, 3.63) is 59.7 Å². The molecule has 0 amide bonds. The van der Waals surface area contributed by atoms with Crippen molar-refractivity contribution in [1.82, 2.24) is 4.90 Å². The Morgan fingerprint density at radius 2 is 1.62 bits per heavy atom. The number of hydrogen-bond acceptors (Lipinski definition) is 6. The third-order valence-electron chi connectivity index (χ3n) is 6.47. The molecular weight excluding hydrogens is 370 g/mol. The van der Waals surface area contributed by atoms with Gasteiger partial charge in [-0.1, -0.05) is 36.4 Å². The second-order valence-corrected chi connectivity index (χ2v) is 8.03. The van der Waals surface area contributed by atoms with E-state index in [9.17, 15) is 4.79 Å². The minimum atomic E-state index is -0.635. The van der Waals surface area contributed by atoms with Crippen LogP contribution in [0.25, 0.3) is 0 Å². The molecule has 2 saturated heterocycles. The second-order valence-electron chi connectivity index (χ2n) is 8.03. The first kappa shape index (κ1) is 18.5. The predicted molar refractivity (Wildman–Crippen MR) is 106 cm³/mol. The Kier molecular flexibility index (Phi) is 4.68. The van der Waals surface area contributed by atoms with Gasteiger partial charge in [-0.2, -0.15) is 0 Å². The van der Waals surface area contributed by atoms with E-state index in [-0.39, 0.29) is 18.2 Å². The molecule has 29 heavy (non-hydrogen) atoms. The van der Waals surface area contributed by atoms with E-state index in [4.69, 9.17) is 18.9 Å². The average Bonchev–Trinajstić information content (AvgIpc) is 2.91. The van der Waals surface area contributed by atoms with Gasteiger partial charge in [0.05, 0.1) is 6.10 Å². The Morgan fingerprint density at radius 3 is 2.28 bits per heavy atom. The zero-order valence-electron chi connectivity index (χ0n) is 16.6. The van der Waals surface area contributed by atoms with Crippen LogP contribution in [-0.4, -0.2) is 49.5 Å². The van der Waals surface area contributed by atoms with Crippen LogP contribution in [0.15, 0.2) is 48.5 Å². The van der Waals surface area contributed by atoms with Gasteiger partial charge >= 0.3 is 6.16 Å².